The second-order valence-corrected chi connectivity index (χ2v) is 19.2. The van der Waals surface area contributed by atoms with Crippen molar-refractivity contribution in [1.29, 1.82) is 0 Å². The number of hydrogen-bond acceptors (Lipinski definition) is 6. The van der Waals surface area contributed by atoms with E-state index < -0.39 is 6.10 Å². The van der Waals surface area contributed by atoms with Crippen LogP contribution in [0.5, 0.6) is 0 Å². The molecule has 0 aromatic carbocycles. The maximum absolute atomic E-state index is 12.7. The molecule has 1 atom stereocenters. The summed E-state index contributed by atoms with van der Waals surface area (Å²) in [6.07, 6.45) is 69.5. The van der Waals surface area contributed by atoms with Crippen molar-refractivity contribution in [2.75, 3.05) is 13.2 Å². The summed E-state index contributed by atoms with van der Waals surface area (Å²) in [6, 6.07) is 0. The lowest BCUT2D eigenvalue weighted by atomic mass is 10.0. The van der Waals surface area contributed by atoms with Crippen LogP contribution >= 0.6 is 0 Å². The van der Waals surface area contributed by atoms with E-state index in [0.29, 0.717) is 19.3 Å². The van der Waals surface area contributed by atoms with Gasteiger partial charge in [0.1, 0.15) is 13.2 Å². The molecule has 0 aromatic rings. The Morgan fingerprint density at radius 3 is 0.985 bits per heavy atom. The van der Waals surface area contributed by atoms with Crippen molar-refractivity contribution in [2.45, 2.75) is 297 Å². The fourth-order valence-corrected chi connectivity index (χ4v) is 8.20. The SMILES string of the molecule is CC/C=C\C/C=C\C/C=C\C/C=C\CCCCCCCCCCCCCCCCCCC(=O)OCC(COC(=O)CCCCCCCCCCCC)OC(=O)CCCCCCC/C=C\CCC. The number of ether oxygens (including phenoxy) is 3. The van der Waals surface area contributed by atoms with Crippen molar-refractivity contribution < 1.29 is 28.6 Å². The van der Waals surface area contributed by atoms with Crippen molar-refractivity contribution >= 4 is 17.9 Å². The lowest BCUT2D eigenvalue weighted by Gasteiger charge is -2.18. The van der Waals surface area contributed by atoms with Crippen LogP contribution in [0.1, 0.15) is 290 Å². The summed E-state index contributed by atoms with van der Waals surface area (Å²) >= 11 is 0. The first kappa shape index (κ1) is 64.1. The van der Waals surface area contributed by atoms with Gasteiger partial charge in [-0.25, -0.2) is 0 Å². The summed E-state index contributed by atoms with van der Waals surface area (Å²) in [5.41, 5.74) is 0. The predicted octanol–water partition coefficient (Wildman–Crippen LogP) is 19.2. The number of rotatable bonds is 52. The summed E-state index contributed by atoms with van der Waals surface area (Å²) in [6.45, 7) is 6.46. The quantitative estimate of drug-likeness (QED) is 0.0262. The predicted molar refractivity (Wildman–Crippen MR) is 288 cm³/mol. The third-order valence-electron chi connectivity index (χ3n) is 12.5. The molecule has 0 aliphatic carbocycles. The minimum atomic E-state index is -0.772. The summed E-state index contributed by atoms with van der Waals surface area (Å²) in [5.74, 6) is -0.877. The van der Waals surface area contributed by atoms with Gasteiger partial charge in [0.05, 0.1) is 0 Å². The Kier molecular flexibility index (Phi) is 53.3. The van der Waals surface area contributed by atoms with Gasteiger partial charge in [-0.3, -0.25) is 14.4 Å². The van der Waals surface area contributed by atoms with Gasteiger partial charge < -0.3 is 14.2 Å². The standard InChI is InChI=1S/C61H108O6/c1-4-7-10-13-16-19-22-23-24-25-26-27-28-29-30-31-32-33-34-35-36-37-38-39-40-43-45-48-51-54-60(63)66-57-58(67-61(64)55-52-49-46-42-21-18-15-12-9-6-3)56-65-59(62)53-50-47-44-41-20-17-14-11-8-5-2/h7,10,12,15-16,19,23-24,26-27,58H,4-6,8-9,11,13-14,17-18,20-22,25,28-57H2,1-3H3/b10-7-,15-12-,19-16-,24-23-,27-26-. The van der Waals surface area contributed by atoms with Crippen LogP contribution in [0.25, 0.3) is 0 Å². The Bertz CT molecular complexity index is 1210. The number of carbonyl (C=O) groups is 3. The molecule has 388 valence electrons. The molecule has 6 heteroatoms. The molecule has 0 radical (unpaired) electrons. The number of carbonyl (C=O) groups excluding carboxylic acids is 3. The van der Waals surface area contributed by atoms with Crippen molar-refractivity contribution in [2.24, 2.45) is 0 Å². The average Bonchev–Trinajstić information content (AvgIpc) is 3.33. The van der Waals surface area contributed by atoms with Gasteiger partial charge in [-0.05, 0) is 77.0 Å². The van der Waals surface area contributed by atoms with E-state index in [1.807, 2.05) is 0 Å². The number of hydrogen-bond donors (Lipinski definition) is 0. The molecule has 0 amide bonds. The summed E-state index contributed by atoms with van der Waals surface area (Å²) in [4.78, 5) is 37.9. The summed E-state index contributed by atoms with van der Waals surface area (Å²) < 4.78 is 16.8. The van der Waals surface area contributed by atoms with Gasteiger partial charge >= 0.3 is 17.9 Å². The Hall–Kier alpha value is -2.89. The normalized spacial score (nSPS) is 12.5. The molecule has 67 heavy (non-hydrogen) atoms. The minimum absolute atomic E-state index is 0.0736. The van der Waals surface area contributed by atoms with E-state index in [-0.39, 0.29) is 31.1 Å². The highest BCUT2D eigenvalue weighted by molar-refractivity contribution is 5.71. The monoisotopic (exact) mass is 937 g/mol. The fourth-order valence-electron chi connectivity index (χ4n) is 8.20. The van der Waals surface area contributed by atoms with Gasteiger partial charge in [-0.15, -0.1) is 0 Å². The molecule has 0 bridgehead atoms. The largest absolute Gasteiger partial charge is 0.462 e. The van der Waals surface area contributed by atoms with E-state index in [2.05, 4.69) is 81.5 Å². The zero-order valence-electron chi connectivity index (χ0n) is 44.4. The van der Waals surface area contributed by atoms with Gasteiger partial charge in [-0.2, -0.15) is 0 Å². The van der Waals surface area contributed by atoms with Crippen LogP contribution in [-0.2, 0) is 28.6 Å². The first-order valence-electron chi connectivity index (χ1n) is 28.8. The van der Waals surface area contributed by atoms with E-state index in [4.69, 9.17) is 14.2 Å². The van der Waals surface area contributed by atoms with E-state index in [1.165, 1.54) is 148 Å². The summed E-state index contributed by atoms with van der Waals surface area (Å²) in [5, 5.41) is 0. The highest BCUT2D eigenvalue weighted by Gasteiger charge is 2.19. The first-order valence-corrected chi connectivity index (χ1v) is 28.8. The molecule has 0 aromatic heterocycles. The molecule has 0 saturated carbocycles. The van der Waals surface area contributed by atoms with E-state index in [9.17, 15) is 14.4 Å². The maximum Gasteiger partial charge on any atom is 0.306 e. The molecule has 6 nitrogen and oxygen atoms in total. The van der Waals surface area contributed by atoms with Crippen LogP contribution in [0.15, 0.2) is 60.8 Å². The molecule has 0 N–H and O–H groups in total. The molecule has 0 saturated heterocycles. The van der Waals surface area contributed by atoms with Crippen LogP contribution in [0.2, 0.25) is 0 Å². The summed E-state index contributed by atoms with van der Waals surface area (Å²) in [7, 11) is 0. The van der Waals surface area contributed by atoms with Crippen LogP contribution in [0, 0.1) is 0 Å². The van der Waals surface area contributed by atoms with Gasteiger partial charge in [0.2, 0.25) is 0 Å². The molecule has 0 aliphatic heterocycles. The molecule has 0 spiro atoms. The Morgan fingerprint density at radius 2 is 0.612 bits per heavy atom. The fraction of sp³-hybridized carbons (Fsp3) is 0.787. The van der Waals surface area contributed by atoms with Crippen LogP contribution < -0.4 is 0 Å². The smallest absolute Gasteiger partial charge is 0.306 e. The Labute approximate surface area is 415 Å². The molecular weight excluding hydrogens is 829 g/mol. The van der Waals surface area contributed by atoms with Crippen molar-refractivity contribution in [3.8, 4) is 0 Å². The molecule has 0 rings (SSSR count). The molecule has 1 unspecified atom stereocenters. The molecule has 0 heterocycles. The van der Waals surface area contributed by atoms with Crippen LogP contribution in [-0.4, -0.2) is 37.2 Å². The highest BCUT2D eigenvalue weighted by Crippen LogP contribution is 2.16. The Morgan fingerprint density at radius 1 is 0.313 bits per heavy atom. The third-order valence-corrected chi connectivity index (χ3v) is 12.5. The molecular formula is C61H108O6. The van der Waals surface area contributed by atoms with Gasteiger partial charge in [-0.1, -0.05) is 255 Å². The molecule has 0 fully saturated rings. The van der Waals surface area contributed by atoms with Gasteiger partial charge in [0.25, 0.3) is 0 Å². The third kappa shape index (κ3) is 53.9. The number of esters is 3. The second kappa shape index (κ2) is 55.7. The van der Waals surface area contributed by atoms with E-state index >= 15 is 0 Å². The van der Waals surface area contributed by atoms with Crippen LogP contribution in [0.3, 0.4) is 0 Å². The Balaban J connectivity index is 4.06. The average molecular weight is 938 g/mol. The lowest BCUT2D eigenvalue weighted by Crippen LogP contribution is -2.30. The number of unbranched alkanes of at least 4 members (excludes halogenated alkanes) is 31. The minimum Gasteiger partial charge on any atom is -0.462 e. The van der Waals surface area contributed by atoms with Crippen molar-refractivity contribution in [1.82, 2.24) is 0 Å². The number of allylic oxidation sites excluding steroid dienone is 10. The van der Waals surface area contributed by atoms with Crippen molar-refractivity contribution in [3.63, 3.8) is 0 Å². The van der Waals surface area contributed by atoms with Gasteiger partial charge in [0.15, 0.2) is 6.10 Å². The molecule has 0 aliphatic rings. The van der Waals surface area contributed by atoms with E-state index in [1.54, 1.807) is 0 Å². The van der Waals surface area contributed by atoms with Gasteiger partial charge in [0, 0.05) is 19.3 Å². The second-order valence-electron chi connectivity index (χ2n) is 19.2. The van der Waals surface area contributed by atoms with Crippen LogP contribution in [0.4, 0.5) is 0 Å². The zero-order chi connectivity index (χ0) is 48.6. The maximum atomic E-state index is 12.7. The lowest BCUT2D eigenvalue weighted by molar-refractivity contribution is -0.167. The highest BCUT2D eigenvalue weighted by atomic mass is 16.6. The first-order chi connectivity index (χ1) is 33.0. The van der Waals surface area contributed by atoms with Crippen molar-refractivity contribution in [3.05, 3.63) is 60.8 Å². The van der Waals surface area contributed by atoms with E-state index in [0.717, 1.165) is 103 Å². The topological polar surface area (TPSA) is 78.9 Å². The zero-order valence-corrected chi connectivity index (χ0v) is 44.4.